The highest BCUT2D eigenvalue weighted by Crippen LogP contribution is 2.30. The molecule has 2 aromatic rings. The molecule has 1 heterocycles. The molecular weight excluding hydrogens is 416 g/mol. The monoisotopic (exact) mass is 446 g/mol. The molecule has 0 aliphatic carbocycles. The molecule has 8 heteroatoms. The smallest absolute Gasteiger partial charge is 0.193 e. The van der Waals surface area contributed by atoms with Crippen LogP contribution in [0.4, 0.5) is 5.69 Å². The zero-order valence-corrected chi connectivity index (χ0v) is 19.3. The Bertz CT molecular complexity index is 902. The van der Waals surface area contributed by atoms with E-state index in [2.05, 4.69) is 29.1 Å². The van der Waals surface area contributed by atoms with Gasteiger partial charge in [-0.15, -0.1) is 0 Å². The molecule has 0 radical (unpaired) electrons. The maximum atomic E-state index is 6.20. The number of nitrogens with one attached hydrogen (secondary N) is 1. The van der Waals surface area contributed by atoms with Crippen LogP contribution in [0.2, 0.25) is 5.02 Å². The fourth-order valence-corrected chi connectivity index (χ4v) is 3.85. The molecule has 1 fully saturated rings. The Labute approximate surface area is 189 Å². The maximum absolute atomic E-state index is 6.20. The number of nitrogens with zero attached hydrogens (tertiary/aromatic N) is 2. The summed E-state index contributed by atoms with van der Waals surface area (Å²) in [7, 11) is 3.20. The largest absolute Gasteiger partial charge is 0.493 e. The first-order valence-electron chi connectivity index (χ1n) is 10.2. The number of aliphatic imine (C=N–C) groups is 1. The summed E-state index contributed by atoms with van der Waals surface area (Å²) < 4.78 is 16.5. The Morgan fingerprint density at radius 3 is 2.55 bits per heavy atom. The van der Waals surface area contributed by atoms with Crippen LogP contribution in [0.15, 0.2) is 47.5 Å². The van der Waals surface area contributed by atoms with Crippen LogP contribution in [0.3, 0.4) is 0 Å². The zero-order valence-electron chi connectivity index (χ0n) is 18.5. The average Bonchev–Trinajstić information content (AvgIpc) is 2.74. The van der Waals surface area contributed by atoms with Crippen molar-refractivity contribution < 1.29 is 14.2 Å². The van der Waals surface area contributed by atoms with E-state index in [0.717, 1.165) is 24.3 Å². The van der Waals surface area contributed by atoms with E-state index in [1.54, 1.807) is 14.2 Å². The molecule has 3 N–H and O–H groups in total. The summed E-state index contributed by atoms with van der Waals surface area (Å²) in [4.78, 5) is 7.02. The molecule has 0 bridgehead atoms. The molecular formula is C23H31ClN4O3. The first-order valence-corrected chi connectivity index (χ1v) is 10.6. The fourth-order valence-electron chi connectivity index (χ4n) is 3.72. The van der Waals surface area contributed by atoms with E-state index < -0.39 is 0 Å². The van der Waals surface area contributed by atoms with Gasteiger partial charge in [-0.3, -0.25) is 9.89 Å². The van der Waals surface area contributed by atoms with E-state index in [1.807, 2.05) is 42.5 Å². The van der Waals surface area contributed by atoms with Crippen molar-refractivity contribution >= 4 is 23.2 Å². The molecule has 1 unspecified atom stereocenters. The third kappa shape index (κ3) is 6.26. The Kier molecular flexibility index (Phi) is 7.64. The number of ether oxygens (including phenoxy) is 3. The average molecular weight is 447 g/mol. The topological polar surface area (TPSA) is 81.3 Å². The van der Waals surface area contributed by atoms with Crippen LogP contribution in [0.1, 0.15) is 25.5 Å². The van der Waals surface area contributed by atoms with Gasteiger partial charge in [0.25, 0.3) is 0 Å². The lowest BCUT2D eigenvalue weighted by molar-refractivity contribution is -0.0966. The van der Waals surface area contributed by atoms with Crippen molar-refractivity contribution in [3.63, 3.8) is 0 Å². The Hall–Kier alpha value is -2.48. The minimum absolute atomic E-state index is 0.0613. The molecule has 0 saturated carbocycles. The number of morpholine rings is 1. The molecule has 1 saturated heterocycles. The highest BCUT2D eigenvalue weighted by atomic mass is 35.5. The van der Waals surface area contributed by atoms with E-state index in [0.29, 0.717) is 35.6 Å². The van der Waals surface area contributed by atoms with Gasteiger partial charge < -0.3 is 25.3 Å². The number of hydrogen-bond acceptors (Lipinski definition) is 5. The van der Waals surface area contributed by atoms with Gasteiger partial charge in [-0.2, -0.15) is 0 Å². The highest BCUT2D eigenvalue weighted by molar-refractivity contribution is 6.30. The quantitative estimate of drug-likeness (QED) is 0.495. The Morgan fingerprint density at radius 1 is 1.19 bits per heavy atom. The van der Waals surface area contributed by atoms with Crippen LogP contribution in [-0.2, 0) is 4.74 Å². The minimum atomic E-state index is -0.212. The number of guanidine groups is 1. The first-order chi connectivity index (χ1) is 14.8. The third-order valence-corrected chi connectivity index (χ3v) is 5.49. The van der Waals surface area contributed by atoms with E-state index in [9.17, 15) is 0 Å². The molecule has 1 aliphatic rings. The van der Waals surface area contributed by atoms with E-state index >= 15 is 0 Å². The molecule has 3 rings (SSSR count). The predicted molar refractivity (Wildman–Crippen MR) is 125 cm³/mol. The molecule has 7 nitrogen and oxygen atoms in total. The van der Waals surface area contributed by atoms with Crippen LogP contribution < -0.4 is 20.5 Å². The summed E-state index contributed by atoms with van der Waals surface area (Å²) in [6.07, 6.45) is 0. The normalized spacial score (nSPS) is 17.8. The van der Waals surface area contributed by atoms with Crippen LogP contribution in [0.25, 0.3) is 0 Å². The minimum Gasteiger partial charge on any atom is -0.493 e. The lowest BCUT2D eigenvalue weighted by atomic mass is 10.0. The van der Waals surface area contributed by atoms with Gasteiger partial charge in [0.05, 0.1) is 39.0 Å². The lowest BCUT2D eigenvalue weighted by Crippen LogP contribution is -2.50. The van der Waals surface area contributed by atoms with E-state index in [-0.39, 0.29) is 11.6 Å². The zero-order chi connectivity index (χ0) is 22.4. The number of methoxy groups -OCH3 is 2. The second-order valence-corrected chi connectivity index (χ2v) is 8.50. The molecule has 31 heavy (non-hydrogen) atoms. The van der Waals surface area contributed by atoms with Crippen molar-refractivity contribution in [2.24, 2.45) is 10.7 Å². The van der Waals surface area contributed by atoms with Crippen molar-refractivity contribution in [2.75, 3.05) is 45.8 Å². The SMILES string of the molecule is COc1ccc(NC(N)=NCC(c2ccc(Cl)cc2)N2CCOC(C)(C)C2)cc1OC. The fraction of sp³-hybridized carbons (Fsp3) is 0.435. The van der Waals surface area contributed by atoms with Gasteiger partial charge in [0, 0.05) is 29.9 Å². The Morgan fingerprint density at radius 2 is 1.90 bits per heavy atom. The number of hydrogen-bond donors (Lipinski definition) is 2. The number of rotatable bonds is 7. The van der Waals surface area contributed by atoms with Crippen LogP contribution in [-0.4, -0.2) is 56.9 Å². The van der Waals surface area contributed by atoms with Gasteiger partial charge >= 0.3 is 0 Å². The second-order valence-electron chi connectivity index (χ2n) is 8.07. The van der Waals surface area contributed by atoms with Gasteiger partial charge in [0.15, 0.2) is 17.5 Å². The van der Waals surface area contributed by atoms with Crippen LogP contribution in [0, 0.1) is 0 Å². The van der Waals surface area contributed by atoms with Gasteiger partial charge in [-0.25, -0.2) is 0 Å². The Balaban J connectivity index is 1.77. The molecule has 0 amide bonds. The van der Waals surface area contributed by atoms with E-state index in [4.69, 9.17) is 31.5 Å². The molecule has 168 valence electrons. The summed E-state index contributed by atoms with van der Waals surface area (Å²) in [6, 6.07) is 13.5. The molecule has 0 aromatic heterocycles. The second kappa shape index (κ2) is 10.2. The first kappa shape index (κ1) is 23.2. The molecule has 1 aliphatic heterocycles. The summed E-state index contributed by atoms with van der Waals surface area (Å²) in [5, 5.41) is 3.84. The third-order valence-electron chi connectivity index (χ3n) is 5.24. The number of benzene rings is 2. The molecule has 2 aromatic carbocycles. The van der Waals surface area contributed by atoms with Crippen molar-refractivity contribution in [1.82, 2.24) is 4.90 Å². The van der Waals surface area contributed by atoms with Crippen molar-refractivity contribution in [3.05, 3.63) is 53.1 Å². The maximum Gasteiger partial charge on any atom is 0.193 e. The standard InChI is InChI=1S/C23H31ClN4O3/c1-23(2)15-28(11-12-31-23)19(16-5-7-17(24)8-6-16)14-26-22(25)27-18-9-10-20(29-3)21(13-18)30-4/h5-10,13,19H,11-12,14-15H2,1-4H3,(H3,25,26,27). The summed E-state index contributed by atoms with van der Waals surface area (Å²) in [6.45, 7) is 7.03. The predicted octanol–water partition coefficient (Wildman–Crippen LogP) is 3.94. The number of nitrogens with two attached hydrogens (primary N) is 1. The molecule has 0 spiro atoms. The lowest BCUT2D eigenvalue weighted by Gasteiger charge is -2.42. The summed E-state index contributed by atoms with van der Waals surface area (Å²) in [5.74, 6) is 1.61. The van der Waals surface area contributed by atoms with Crippen molar-refractivity contribution in [2.45, 2.75) is 25.5 Å². The van der Waals surface area contributed by atoms with Gasteiger partial charge in [-0.05, 0) is 43.7 Å². The highest BCUT2D eigenvalue weighted by Gasteiger charge is 2.32. The van der Waals surface area contributed by atoms with Crippen LogP contribution >= 0.6 is 11.6 Å². The van der Waals surface area contributed by atoms with Gasteiger partial charge in [0.1, 0.15) is 0 Å². The summed E-state index contributed by atoms with van der Waals surface area (Å²) in [5.41, 5.74) is 7.91. The van der Waals surface area contributed by atoms with Crippen LogP contribution in [0.5, 0.6) is 11.5 Å². The van der Waals surface area contributed by atoms with Crippen molar-refractivity contribution in [3.8, 4) is 11.5 Å². The number of halogens is 1. The summed E-state index contributed by atoms with van der Waals surface area (Å²) >= 11 is 6.10. The van der Waals surface area contributed by atoms with Gasteiger partial charge in [0.2, 0.25) is 0 Å². The van der Waals surface area contributed by atoms with E-state index in [1.165, 1.54) is 0 Å². The van der Waals surface area contributed by atoms with Crippen molar-refractivity contribution in [1.29, 1.82) is 0 Å². The number of anilines is 1. The van der Waals surface area contributed by atoms with Gasteiger partial charge in [-0.1, -0.05) is 23.7 Å². The molecule has 1 atom stereocenters.